The summed E-state index contributed by atoms with van der Waals surface area (Å²) in [6.07, 6.45) is 4.79. The first-order valence-electron chi connectivity index (χ1n) is 8.96. The summed E-state index contributed by atoms with van der Waals surface area (Å²) in [5.41, 5.74) is 1.04. The summed E-state index contributed by atoms with van der Waals surface area (Å²) in [6, 6.07) is 15.9. The summed E-state index contributed by atoms with van der Waals surface area (Å²) in [7, 11) is 0. The van der Waals surface area contributed by atoms with Gasteiger partial charge in [0, 0.05) is 22.9 Å². The Labute approximate surface area is 169 Å². The van der Waals surface area contributed by atoms with Crippen molar-refractivity contribution in [2.75, 3.05) is 25.6 Å². The third kappa shape index (κ3) is 4.81. The molecule has 1 saturated heterocycles. The average molecular weight is 404 g/mol. The molecule has 0 unspecified atom stereocenters. The van der Waals surface area contributed by atoms with Crippen LogP contribution in [0, 0.1) is 0 Å². The summed E-state index contributed by atoms with van der Waals surface area (Å²) in [5, 5.41) is 11.2. The summed E-state index contributed by atoms with van der Waals surface area (Å²) in [5.74, 6) is 0. The molecule has 0 saturated carbocycles. The average Bonchev–Trinajstić information content (AvgIpc) is 2.72. The molecule has 2 aromatic rings. The van der Waals surface area contributed by atoms with Crippen molar-refractivity contribution in [3.8, 4) is 0 Å². The van der Waals surface area contributed by atoms with Gasteiger partial charge in [-0.25, -0.2) is 4.79 Å². The minimum atomic E-state index is -0.897. The number of likely N-dealkylation sites (tertiary alicyclic amines) is 1. The highest BCUT2D eigenvalue weighted by Crippen LogP contribution is 2.39. The lowest BCUT2D eigenvalue weighted by Crippen LogP contribution is -2.45. The van der Waals surface area contributed by atoms with Gasteiger partial charge in [-0.3, -0.25) is 0 Å². The predicted octanol–water partition coefficient (Wildman–Crippen LogP) is 4.75. The normalized spacial score (nSPS) is 16.2. The van der Waals surface area contributed by atoms with E-state index in [1.807, 2.05) is 48.9 Å². The van der Waals surface area contributed by atoms with Gasteiger partial charge in [0.05, 0.1) is 5.60 Å². The zero-order chi connectivity index (χ0) is 19.3. The molecule has 1 fully saturated rings. The van der Waals surface area contributed by atoms with Gasteiger partial charge in [0.1, 0.15) is 6.61 Å². The molecule has 3 rings (SSSR count). The first-order valence-corrected chi connectivity index (χ1v) is 11.4. The Morgan fingerprint density at radius 3 is 2.44 bits per heavy atom. The highest BCUT2D eigenvalue weighted by atomic mass is 32.2. The quantitative estimate of drug-likeness (QED) is 0.730. The van der Waals surface area contributed by atoms with E-state index >= 15 is 0 Å². The molecule has 4 nitrogen and oxygen atoms in total. The molecule has 1 aliphatic rings. The number of hydrogen-bond acceptors (Lipinski definition) is 5. The van der Waals surface area contributed by atoms with Gasteiger partial charge in [0.2, 0.25) is 0 Å². The lowest BCUT2D eigenvalue weighted by Gasteiger charge is -2.38. The Morgan fingerprint density at radius 2 is 1.81 bits per heavy atom. The lowest BCUT2D eigenvalue weighted by atomic mass is 9.84. The third-order valence-electron chi connectivity index (χ3n) is 4.96. The molecule has 0 aromatic heterocycles. The van der Waals surface area contributed by atoms with Crippen molar-refractivity contribution in [3.63, 3.8) is 0 Å². The maximum Gasteiger partial charge on any atom is 0.410 e. The Hall–Kier alpha value is -1.63. The smallest absolute Gasteiger partial charge is 0.410 e. The van der Waals surface area contributed by atoms with Gasteiger partial charge in [-0.15, -0.1) is 23.5 Å². The number of piperidine rings is 1. The molecule has 0 aliphatic carbocycles. The number of rotatable bonds is 5. The van der Waals surface area contributed by atoms with E-state index in [0.717, 1.165) is 16.0 Å². The van der Waals surface area contributed by atoms with E-state index in [1.165, 1.54) is 4.90 Å². The third-order valence-corrected chi connectivity index (χ3v) is 6.47. The van der Waals surface area contributed by atoms with Gasteiger partial charge in [-0.1, -0.05) is 36.4 Å². The number of carbonyl (C=O) groups excluding carboxylic acids is 1. The monoisotopic (exact) mass is 403 g/mol. The van der Waals surface area contributed by atoms with Crippen LogP contribution in [0.5, 0.6) is 0 Å². The van der Waals surface area contributed by atoms with E-state index in [2.05, 4.69) is 12.1 Å². The van der Waals surface area contributed by atoms with Gasteiger partial charge < -0.3 is 14.7 Å². The van der Waals surface area contributed by atoms with Crippen LogP contribution < -0.4 is 0 Å². The number of ether oxygens (including phenoxy) is 1. The molecule has 0 radical (unpaired) electrons. The van der Waals surface area contributed by atoms with Crippen LogP contribution in [-0.4, -0.2) is 41.7 Å². The molecule has 1 heterocycles. The van der Waals surface area contributed by atoms with Crippen LogP contribution in [0.4, 0.5) is 4.79 Å². The second kappa shape index (κ2) is 9.04. The van der Waals surface area contributed by atoms with Crippen molar-refractivity contribution in [3.05, 3.63) is 59.7 Å². The highest BCUT2D eigenvalue weighted by molar-refractivity contribution is 7.99. The van der Waals surface area contributed by atoms with Crippen molar-refractivity contribution < 1.29 is 14.6 Å². The number of amides is 1. The molecular weight excluding hydrogens is 378 g/mol. The fourth-order valence-corrected chi connectivity index (χ4v) is 4.56. The van der Waals surface area contributed by atoms with Crippen molar-refractivity contribution in [1.29, 1.82) is 0 Å². The predicted molar refractivity (Wildman–Crippen MR) is 111 cm³/mol. The molecule has 1 amide bonds. The molecule has 0 atom stereocenters. The van der Waals surface area contributed by atoms with E-state index in [9.17, 15) is 9.90 Å². The minimum Gasteiger partial charge on any atom is -0.445 e. The Bertz CT molecular complexity index is 774. The van der Waals surface area contributed by atoms with Crippen LogP contribution in [-0.2, 0) is 16.9 Å². The highest BCUT2D eigenvalue weighted by Gasteiger charge is 2.37. The first-order chi connectivity index (χ1) is 13.1. The van der Waals surface area contributed by atoms with E-state index in [0.29, 0.717) is 25.9 Å². The lowest BCUT2D eigenvalue weighted by molar-refractivity contribution is -0.0274. The molecule has 6 heteroatoms. The fourth-order valence-electron chi connectivity index (χ4n) is 3.32. The molecular formula is C21H25NO3S2. The molecule has 2 aromatic carbocycles. The Balaban J connectivity index is 1.61. The zero-order valence-corrected chi connectivity index (χ0v) is 17.3. The maximum absolute atomic E-state index is 12.3. The topological polar surface area (TPSA) is 49.8 Å². The summed E-state index contributed by atoms with van der Waals surface area (Å²) in [4.78, 5) is 16.3. The minimum absolute atomic E-state index is 0.271. The molecule has 0 spiro atoms. The van der Waals surface area contributed by atoms with Gasteiger partial charge >= 0.3 is 6.09 Å². The molecule has 1 aliphatic heterocycles. The van der Waals surface area contributed by atoms with Crippen LogP contribution >= 0.6 is 23.5 Å². The molecule has 27 heavy (non-hydrogen) atoms. The van der Waals surface area contributed by atoms with E-state index in [1.54, 1.807) is 28.4 Å². The number of aliphatic hydroxyl groups is 1. The van der Waals surface area contributed by atoms with Crippen LogP contribution in [0.1, 0.15) is 24.0 Å². The van der Waals surface area contributed by atoms with Crippen molar-refractivity contribution in [2.45, 2.75) is 34.8 Å². The van der Waals surface area contributed by atoms with E-state index in [4.69, 9.17) is 4.74 Å². The van der Waals surface area contributed by atoms with Gasteiger partial charge in [0.25, 0.3) is 0 Å². The second-order valence-electron chi connectivity index (χ2n) is 6.63. The van der Waals surface area contributed by atoms with E-state index in [-0.39, 0.29) is 12.7 Å². The van der Waals surface area contributed by atoms with Gasteiger partial charge in [0.15, 0.2) is 0 Å². The number of benzene rings is 2. The largest absolute Gasteiger partial charge is 0.445 e. The van der Waals surface area contributed by atoms with Crippen molar-refractivity contribution >= 4 is 29.6 Å². The SMILES string of the molecule is CSc1ccc(C2(O)CCN(C(=O)OCc3ccccc3)CC2)c(SC)c1. The van der Waals surface area contributed by atoms with Gasteiger partial charge in [-0.2, -0.15) is 0 Å². The van der Waals surface area contributed by atoms with E-state index < -0.39 is 5.60 Å². The summed E-state index contributed by atoms with van der Waals surface area (Å²) in [6.45, 7) is 1.25. The molecule has 0 bridgehead atoms. The second-order valence-corrected chi connectivity index (χ2v) is 8.35. The summed E-state index contributed by atoms with van der Waals surface area (Å²) >= 11 is 3.35. The van der Waals surface area contributed by atoms with Crippen LogP contribution in [0.15, 0.2) is 58.3 Å². The van der Waals surface area contributed by atoms with Crippen molar-refractivity contribution in [1.82, 2.24) is 4.90 Å². The standard InChI is InChI=1S/C21H25NO3S2/c1-26-17-8-9-18(19(14-17)27-2)21(24)10-12-22(13-11-21)20(23)25-15-16-6-4-3-5-7-16/h3-9,14,24H,10-13,15H2,1-2H3. The number of thioether (sulfide) groups is 2. The molecule has 144 valence electrons. The van der Waals surface area contributed by atoms with Crippen LogP contribution in [0.2, 0.25) is 0 Å². The van der Waals surface area contributed by atoms with Crippen molar-refractivity contribution in [2.24, 2.45) is 0 Å². The number of nitrogens with zero attached hydrogens (tertiary/aromatic N) is 1. The Kier molecular flexibility index (Phi) is 6.73. The maximum atomic E-state index is 12.3. The number of hydrogen-bond donors (Lipinski definition) is 1. The first kappa shape index (κ1) is 20.1. The van der Waals surface area contributed by atoms with Crippen LogP contribution in [0.3, 0.4) is 0 Å². The van der Waals surface area contributed by atoms with Crippen LogP contribution in [0.25, 0.3) is 0 Å². The number of carbonyl (C=O) groups is 1. The molecule has 1 N–H and O–H groups in total. The zero-order valence-electron chi connectivity index (χ0n) is 15.7. The summed E-state index contributed by atoms with van der Waals surface area (Å²) < 4.78 is 5.42. The fraction of sp³-hybridized carbons (Fsp3) is 0.381. The van der Waals surface area contributed by atoms with Gasteiger partial charge in [-0.05, 0) is 48.6 Å². The Morgan fingerprint density at radius 1 is 1.11 bits per heavy atom.